The summed E-state index contributed by atoms with van der Waals surface area (Å²) in [5, 5.41) is 4.23. The van der Waals surface area contributed by atoms with Crippen molar-refractivity contribution in [1.82, 2.24) is 19.3 Å². The molecule has 0 saturated heterocycles. The zero-order valence-electron chi connectivity index (χ0n) is 18.2. The van der Waals surface area contributed by atoms with Crippen molar-refractivity contribution in [3.05, 3.63) is 75.2 Å². The van der Waals surface area contributed by atoms with E-state index in [1.165, 1.54) is 4.57 Å². The van der Waals surface area contributed by atoms with Gasteiger partial charge in [0, 0.05) is 38.6 Å². The van der Waals surface area contributed by atoms with E-state index in [0.717, 1.165) is 44.2 Å². The lowest BCUT2D eigenvalue weighted by Gasteiger charge is -2.26. The van der Waals surface area contributed by atoms with Crippen molar-refractivity contribution in [2.75, 3.05) is 17.2 Å². The lowest BCUT2D eigenvalue weighted by atomic mass is 10.1. The van der Waals surface area contributed by atoms with Gasteiger partial charge in [0.05, 0.1) is 0 Å². The van der Waals surface area contributed by atoms with Crippen LogP contribution in [0.1, 0.15) is 44.6 Å². The zero-order valence-corrected chi connectivity index (χ0v) is 18.2. The number of hydrogen-bond donors (Lipinski definition) is 2. The predicted molar refractivity (Wildman–Crippen MR) is 124 cm³/mol. The number of nitrogen functional groups attached to an aromatic ring is 1. The van der Waals surface area contributed by atoms with Gasteiger partial charge >= 0.3 is 5.69 Å². The highest BCUT2D eigenvalue weighted by Crippen LogP contribution is 2.20. The van der Waals surface area contributed by atoms with Gasteiger partial charge in [-0.3, -0.25) is 19.0 Å². The summed E-state index contributed by atoms with van der Waals surface area (Å²) >= 11 is 0. The molecule has 0 saturated carbocycles. The van der Waals surface area contributed by atoms with Crippen molar-refractivity contribution in [3.8, 4) is 0 Å². The van der Waals surface area contributed by atoms with Crippen LogP contribution in [-0.2, 0) is 19.6 Å². The van der Waals surface area contributed by atoms with E-state index in [1.807, 2.05) is 52.2 Å². The number of nitrogens with one attached hydrogen (secondary N) is 1. The number of nitrogens with zero attached hydrogens (tertiary/aromatic N) is 4. The molecule has 0 spiro atoms. The molecule has 3 aromatic rings. The van der Waals surface area contributed by atoms with Crippen LogP contribution >= 0.6 is 0 Å². The molecule has 166 valence electrons. The van der Waals surface area contributed by atoms with Crippen LogP contribution in [0.4, 0.5) is 11.5 Å². The molecule has 31 heavy (non-hydrogen) atoms. The monoisotopic (exact) mass is 424 g/mol. The van der Waals surface area contributed by atoms with Crippen LogP contribution in [0.25, 0.3) is 0 Å². The van der Waals surface area contributed by atoms with Crippen molar-refractivity contribution in [2.24, 2.45) is 0 Å². The molecule has 3 N–H and O–H groups in total. The van der Waals surface area contributed by atoms with Crippen molar-refractivity contribution in [3.63, 3.8) is 0 Å². The third kappa shape index (κ3) is 6.10. The van der Waals surface area contributed by atoms with E-state index < -0.39 is 11.2 Å². The Bertz CT molecular complexity index is 1040. The summed E-state index contributed by atoms with van der Waals surface area (Å²) in [6.07, 6.45) is 8.40. The molecule has 0 bridgehead atoms. The molecule has 0 aliphatic carbocycles. The standard InChI is InChI=1S/C23H32N6O2/c1-2-3-17-29-21(24)20(22(30)26-23(29)31)27(18-19-11-6-4-7-12-19)14-8-5-9-15-28-16-10-13-25-28/h4,6-7,10-13,16H,2-3,5,8-9,14-15,17-18,24H2,1H3,(H,26,30,31). The minimum absolute atomic E-state index is 0.245. The quantitative estimate of drug-likeness (QED) is 0.435. The minimum atomic E-state index is -0.446. The number of anilines is 2. The van der Waals surface area contributed by atoms with Gasteiger partial charge in [-0.2, -0.15) is 5.10 Å². The van der Waals surface area contributed by atoms with Crippen LogP contribution in [0, 0.1) is 0 Å². The first-order chi connectivity index (χ1) is 15.1. The Kier molecular flexibility index (Phi) is 8.09. The smallest absolute Gasteiger partial charge is 0.330 e. The Morgan fingerprint density at radius 3 is 2.55 bits per heavy atom. The molecule has 0 atom stereocenters. The highest BCUT2D eigenvalue weighted by atomic mass is 16.2. The molecule has 0 radical (unpaired) electrons. The minimum Gasteiger partial charge on any atom is -0.383 e. The number of unbranched alkanes of at least 4 members (excludes halogenated alkanes) is 3. The Hall–Kier alpha value is -3.29. The average molecular weight is 425 g/mol. The van der Waals surface area contributed by atoms with Gasteiger partial charge in [0.1, 0.15) is 11.5 Å². The number of rotatable bonds is 12. The van der Waals surface area contributed by atoms with Gasteiger partial charge in [0.25, 0.3) is 5.56 Å². The maximum absolute atomic E-state index is 12.8. The number of hydrogen-bond acceptors (Lipinski definition) is 5. The average Bonchev–Trinajstić information content (AvgIpc) is 3.27. The van der Waals surface area contributed by atoms with Crippen molar-refractivity contribution < 1.29 is 0 Å². The van der Waals surface area contributed by atoms with E-state index in [-0.39, 0.29) is 5.82 Å². The second-order valence-electron chi connectivity index (χ2n) is 7.74. The molecule has 0 fully saturated rings. The van der Waals surface area contributed by atoms with E-state index in [4.69, 9.17) is 5.73 Å². The fourth-order valence-electron chi connectivity index (χ4n) is 3.68. The van der Waals surface area contributed by atoms with E-state index in [0.29, 0.717) is 25.3 Å². The molecule has 1 aromatic carbocycles. The fourth-order valence-corrected chi connectivity index (χ4v) is 3.68. The van der Waals surface area contributed by atoms with Crippen LogP contribution in [-0.4, -0.2) is 25.9 Å². The molecule has 8 heteroatoms. The summed E-state index contributed by atoms with van der Waals surface area (Å²) in [4.78, 5) is 29.5. The third-order valence-electron chi connectivity index (χ3n) is 5.36. The molecular formula is C23H32N6O2. The summed E-state index contributed by atoms with van der Waals surface area (Å²) in [5.74, 6) is 0.245. The van der Waals surface area contributed by atoms with Gasteiger partial charge < -0.3 is 10.6 Å². The number of aryl methyl sites for hydroxylation is 1. The topological polar surface area (TPSA) is 102 Å². The molecule has 0 aliphatic heterocycles. The first-order valence-corrected chi connectivity index (χ1v) is 11.0. The van der Waals surface area contributed by atoms with Gasteiger partial charge in [-0.05, 0) is 37.3 Å². The summed E-state index contributed by atoms with van der Waals surface area (Å²) in [6, 6.07) is 11.9. The Labute approximate surface area is 182 Å². The SMILES string of the molecule is CCCCn1c(N)c(N(CCCCCn2cccn2)Cc2ccccc2)c(=O)[nH]c1=O. The normalized spacial score (nSPS) is 11.0. The maximum atomic E-state index is 12.8. The van der Waals surface area contributed by atoms with Crippen LogP contribution < -0.4 is 21.9 Å². The molecular weight excluding hydrogens is 392 g/mol. The Morgan fingerprint density at radius 2 is 1.84 bits per heavy atom. The number of aromatic amines is 1. The lowest BCUT2D eigenvalue weighted by Crippen LogP contribution is -2.38. The van der Waals surface area contributed by atoms with Crippen LogP contribution in [0.2, 0.25) is 0 Å². The molecule has 0 unspecified atom stereocenters. The third-order valence-corrected chi connectivity index (χ3v) is 5.36. The van der Waals surface area contributed by atoms with Gasteiger partial charge in [0.15, 0.2) is 0 Å². The number of H-pyrrole nitrogens is 1. The second-order valence-corrected chi connectivity index (χ2v) is 7.74. The van der Waals surface area contributed by atoms with E-state index in [9.17, 15) is 9.59 Å². The summed E-state index contributed by atoms with van der Waals surface area (Å²) in [6.45, 7) is 4.65. The van der Waals surface area contributed by atoms with Gasteiger partial charge in [-0.25, -0.2) is 4.79 Å². The first kappa shape index (κ1) is 22.4. The van der Waals surface area contributed by atoms with Gasteiger partial charge in [-0.15, -0.1) is 0 Å². The molecule has 2 heterocycles. The molecule has 0 aliphatic rings. The highest BCUT2D eigenvalue weighted by molar-refractivity contribution is 5.62. The van der Waals surface area contributed by atoms with Gasteiger partial charge in [-0.1, -0.05) is 43.7 Å². The highest BCUT2D eigenvalue weighted by Gasteiger charge is 2.19. The molecule has 3 rings (SSSR count). The molecule has 8 nitrogen and oxygen atoms in total. The van der Waals surface area contributed by atoms with Crippen molar-refractivity contribution >= 4 is 11.5 Å². The number of benzene rings is 1. The summed E-state index contributed by atoms with van der Waals surface area (Å²) in [7, 11) is 0. The second kappa shape index (κ2) is 11.2. The number of nitrogens with two attached hydrogens (primary N) is 1. The first-order valence-electron chi connectivity index (χ1n) is 11.0. The molecule has 2 aromatic heterocycles. The van der Waals surface area contributed by atoms with E-state index in [2.05, 4.69) is 17.0 Å². The Balaban J connectivity index is 1.78. The van der Waals surface area contributed by atoms with Gasteiger partial charge in [0.2, 0.25) is 0 Å². The summed E-state index contributed by atoms with van der Waals surface area (Å²) in [5.41, 5.74) is 6.96. The van der Waals surface area contributed by atoms with Crippen molar-refractivity contribution in [1.29, 1.82) is 0 Å². The fraction of sp³-hybridized carbons (Fsp3) is 0.435. The lowest BCUT2D eigenvalue weighted by molar-refractivity contribution is 0.540. The van der Waals surface area contributed by atoms with Crippen molar-refractivity contribution in [2.45, 2.75) is 58.7 Å². The summed E-state index contributed by atoms with van der Waals surface area (Å²) < 4.78 is 3.41. The molecule has 0 amide bonds. The van der Waals surface area contributed by atoms with E-state index in [1.54, 1.807) is 6.20 Å². The largest absolute Gasteiger partial charge is 0.383 e. The number of aromatic nitrogens is 4. The Morgan fingerprint density at radius 1 is 1.03 bits per heavy atom. The van der Waals surface area contributed by atoms with Crippen LogP contribution in [0.3, 0.4) is 0 Å². The zero-order chi connectivity index (χ0) is 22.1. The van der Waals surface area contributed by atoms with E-state index >= 15 is 0 Å². The predicted octanol–water partition coefficient (Wildman–Crippen LogP) is 2.99. The maximum Gasteiger partial charge on any atom is 0.330 e. The van der Waals surface area contributed by atoms with Crippen LogP contribution in [0.5, 0.6) is 0 Å². The van der Waals surface area contributed by atoms with Crippen LogP contribution in [0.15, 0.2) is 58.4 Å².